The van der Waals surface area contributed by atoms with Crippen LogP contribution in [-0.4, -0.2) is 44.6 Å². The normalized spacial score (nSPS) is 17.0. The molecule has 0 atom stereocenters. The number of ether oxygens (including phenoxy) is 4. The molecule has 6 heteroatoms. The lowest BCUT2D eigenvalue weighted by molar-refractivity contribution is 0.0224. The van der Waals surface area contributed by atoms with Gasteiger partial charge in [0, 0.05) is 17.6 Å². The molecule has 0 saturated carbocycles. The number of pyridine rings is 1. The Morgan fingerprint density at radius 1 is 0.857 bits per heavy atom. The van der Waals surface area contributed by atoms with Crippen LogP contribution in [0.5, 0.6) is 11.5 Å². The summed E-state index contributed by atoms with van der Waals surface area (Å²) in [6.45, 7) is 3.02. The van der Waals surface area contributed by atoms with E-state index in [2.05, 4.69) is 4.98 Å². The Kier molecular flexibility index (Phi) is 4.75. The van der Waals surface area contributed by atoms with Gasteiger partial charge in [-0.05, 0) is 12.1 Å². The second kappa shape index (κ2) is 6.93. The number of hydrogen-bond acceptors (Lipinski definition) is 5. The first-order chi connectivity index (χ1) is 10.3. The molecule has 1 aliphatic rings. The highest BCUT2D eigenvalue weighted by Crippen LogP contribution is 2.34. The molecular weight excluding hydrogens is 294 g/mol. The van der Waals surface area contributed by atoms with E-state index >= 15 is 0 Å². The van der Waals surface area contributed by atoms with Crippen molar-refractivity contribution in [2.45, 2.75) is 0 Å². The monoisotopic (exact) mass is 309 g/mol. The Morgan fingerprint density at radius 2 is 1.48 bits per heavy atom. The summed E-state index contributed by atoms with van der Waals surface area (Å²) in [7, 11) is 0. The molecule has 0 spiro atoms. The Hall–Kier alpha value is -1.56. The molecule has 0 radical (unpaired) electrons. The van der Waals surface area contributed by atoms with Gasteiger partial charge < -0.3 is 18.9 Å². The molecule has 0 N–H and O–H groups in total. The van der Waals surface area contributed by atoms with Gasteiger partial charge in [-0.2, -0.15) is 0 Å². The van der Waals surface area contributed by atoms with Gasteiger partial charge in [-0.15, -0.1) is 0 Å². The minimum Gasteiger partial charge on any atom is -0.487 e. The Labute approximate surface area is 127 Å². The lowest BCUT2D eigenvalue weighted by Crippen LogP contribution is -2.15. The number of hydrogen-bond donors (Lipinski definition) is 0. The zero-order valence-electron chi connectivity index (χ0n) is 11.5. The third-order valence-corrected chi connectivity index (χ3v) is 3.43. The molecule has 0 unspecified atom stereocenters. The topological polar surface area (TPSA) is 49.8 Å². The predicted octanol–water partition coefficient (Wildman–Crippen LogP) is 2.69. The fourth-order valence-corrected chi connectivity index (χ4v) is 2.30. The first-order valence-corrected chi connectivity index (χ1v) is 7.22. The predicted molar refractivity (Wildman–Crippen MR) is 79.4 cm³/mol. The van der Waals surface area contributed by atoms with Crippen LogP contribution in [-0.2, 0) is 9.47 Å². The number of rotatable bonds is 0. The third kappa shape index (κ3) is 3.56. The standard InChI is InChI=1S/C15H16ClNO4/c16-12-1-2-17-13-10-15-14(9-11(12)13)20-7-5-18-3-4-19-6-8-21-15/h1-2,9-10H,3-8H2. The molecule has 0 amide bonds. The summed E-state index contributed by atoms with van der Waals surface area (Å²) in [5.41, 5.74) is 0.772. The molecule has 1 aromatic heterocycles. The molecule has 3 rings (SSSR count). The van der Waals surface area contributed by atoms with Crippen molar-refractivity contribution in [2.24, 2.45) is 0 Å². The molecule has 0 fully saturated rings. The zero-order valence-corrected chi connectivity index (χ0v) is 12.3. The first-order valence-electron chi connectivity index (χ1n) is 6.84. The van der Waals surface area contributed by atoms with Gasteiger partial charge in [0.1, 0.15) is 13.2 Å². The Bertz CT molecular complexity index is 620. The van der Waals surface area contributed by atoms with Crippen molar-refractivity contribution in [3.63, 3.8) is 0 Å². The molecular formula is C15H16ClNO4. The van der Waals surface area contributed by atoms with Crippen LogP contribution in [0.1, 0.15) is 0 Å². The number of fused-ring (bicyclic) bond motifs is 2. The van der Waals surface area contributed by atoms with Gasteiger partial charge in [0.15, 0.2) is 11.5 Å². The minimum absolute atomic E-state index is 0.444. The first kappa shape index (κ1) is 14.4. The largest absolute Gasteiger partial charge is 0.487 e. The molecule has 1 aromatic carbocycles. The molecule has 2 aromatic rings. The molecule has 0 aliphatic carbocycles. The highest BCUT2D eigenvalue weighted by Gasteiger charge is 2.11. The number of benzene rings is 1. The average molecular weight is 310 g/mol. The molecule has 21 heavy (non-hydrogen) atoms. The van der Waals surface area contributed by atoms with E-state index in [-0.39, 0.29) is 0 Å². The Balaban J connectivity index is 1.92. The van der Waals surface area contributed by atoms with E-state index in [0.29, 0.717) is 56.2 Å². The second-order valence-corrected chi connectivity index (χ2v) is 4.94. The van der Waals surface area contributed by atoms with Crippen LogP contribution < -0.4 is 9.47 Å². The van der Waals surface area contributed by atoms with E-state index in [0.717, 1.165) is 10.9 Å². The van der Waals surface area contributed by atoms with E-state index in [4.69, 9.17) is 30.5 Å². The fraction of sp³-hybridized carbons (Fsp3) is 0.400. The average Bonchev–Trinajstić information content (AvgIpc) is 2.48. The quantitative estimate of drug-likeness (QED) is 0.749. The maximum atomic E-state index is 6.20. The summed E-state index contributed by atoms with van der Waals surface area (Å²) in [6.07, 6.45) is 1.67. The zero-order chi connectivity index (χ0) is 14.5. The maximum Gasteiger partial charge on any atom is 0.163 e. The molecule has 0 saturated heterocycles. The summed E-state index contributed by atoms with van der Waals surface area (Å²) in [5.74, 6) is 1.28. The summed E-state index contributed by atoms with van der Waals surface area (Å²) in [6, 6.07) is 5.44. The van der Waals surface area contributed by atoms with Gasteiger partial charge in [-0.25, -0.2) is 0 Å². The maximum absolute atomic E-state index is 6.20. The second-order valence-electron chi connectivity index (χ2n) is 4.53. The lowest BCUT2D eigenvalue weighted by Gasteiger charge is -2.16. The van der Waals surface area contributed by atoms with Gasteiger partial charge in [0.05, 0.1) is 37.0 Å². The van der Waals surface area contributed by atoms with Crippen molar-refractivity contribution in [2.75, 3.05) is 39.6 Å². The van der Waals surface area contributed by atoms with Crippen LogP contribution >= 0.6 is 11.6 Å². The SMILES string of the molecule is Clc1ccnc2cc3c(cc12)OCCOCCOCCO3. The molecule has 5 nitrogen and oxygen atoms in total. The number of nitrogens with zero attached hydrogens (tertiary/aromatic N) is 1. The van der Waals surface area contributed by atoms with E-state index < -0.39 is 0 Å². The van der Waals surface area contributed by atoms with Crippen LogP contribution in [0.3, 0.4) is 0 Å². The van der Waals surface area contributed by atoms with Crippen molar-refractivity contribution in [1.29, 1.82) is 0 Å². The molecule has 1 aliphatic heterocycles. The van der Waals surface area contributed by atoms with Crippen LogP contribution in [0.2, 0.25) is 5.02 Å². The molecule has 112 valence electrons. The fourth-order valence-electron chi connectivity index (χ4n) is 2.09. The van der Waals surface area contributed by atoms with Gasteiger partial charge >= 0.3 is 0 Å². The Morgan fingerprint density at radius 3 is 2.19 bits per heavy atom. The van der Waals surface area contributed by atoms with E-state index in [1.54, 1.807) is 12.3 Å². The van der Waals surface area contributed by atoms with Crippen molar-refractivity contribution >= 4 is 22.5 Å². The van der Waals surface area contributed by atoms with Crippen LogP contribution in [0, 0.1) is 0 Å². The van der Waals surface area contributed by atoms with E-state index in [1.165, 1.54) is 0 Å². The van der Waals surface area contributed by atoms with Crippen molar-refractivity contribution in [3.8, 4) is 11.5 Å². The molecule has 0 bridgehead atoms. The summed E-state index contributed by atoms with van der Waals surface area (Å²) in [4.78, 5) is 4.30. The number of aromatic nitrogens is 1. The van der Waals surface area contributed by atoms with Gasteiger partial charge in [-0.1, -0.05) is 11.6 Å². The molecule has 2 heterocycles. The van der Waals surface area contributed by atoms with Crippen molar-refractivity contribution < 1.29 is 18.9 Å². The highest BCUT2D eigenvalue weighted by molar-refractivity contribution is 6.35. The van der Waals surface area contributed by atoms with Crippen molar-refractivity contribution in [1.82, 2.24) is 4.98 Å². The van der Waals surface area contributed by atoms with E-state index in [9.17, 15) is 0 Å². The highest BCUT2D eigenvalue weighted by atomic mass is 35.5. The van der Waals surface area contributed by atoms with Crippen molar-refractivity contribution in [3.05, 3.63) is 29.4 Å². The van der Waals surface area contributed by atoms with Crippen LogP contribution in [0.25, 0.3) is 10.9 Å². The van der Waals surface area contributed by atoms with Gasteiger partial charge in [-0.3, -0.25) is 4.98 Å². The minimum atomic E-state index is 0.444. The van der Waals surface area contributed by atoms with Gasteiger partial charge in [0.25, 0.3) is 0 Å². The van der Waals surface area contributed by atoms with Crippen LogP contribution in [0.15, 0.2) is 24.4 Å². The van der Waals surface area contributed by atoms with Crippen LogP contribution in [0.4, 0.5) is 0 Å². The third-order valence-electron chi connectivity index (χ3n) is 3.10. The lowest BCUT2D eigenvalue weighted by atomic mass is 10.2. The van der Waals surface area contributed by atoms with E-state index in [1.807, 2.05) is 12.1 Å². The van der Waals surface area contributed by atoms with Gasteiger partial charge in [0.2, 0.25) is 0 Å². The summed E-state index contributed by atoms with van der Waals surface area (Å²) < 4.78 is 22.3. The summed E-state index contributed by atoms with van der Waals surface area (Å²) >= 11 is 6.20. The number of halogens is 1. The smallest absolute Gasteiger partial charge is 0.163 e. The summed E-state index contributed by atoms with van der Waals surface area (Å²) in [5, 5.41) is 1.47.